The number of aliphatic hydroxyl groups is 5. The molecule has 0 aromatic carbocycles. The smallest absolute Gasteiger partial charge is 0.457 e. The Bertz CT molecular complexity index is 1450. The van der Waals surface area contributed by atoms with E-state index in [2.05, 4.69) is 74.6 Å². The Hall–Kier alpha value is -1.96. The van der Waals surface area contributed by atoms with Crippen molar-refractivity contribution in [2.45, 2.75) is 301 Å². The topological polar surface area (TPSA) is 192 Å². The second-order valence-corrected chi connectivity index (χ2v) is 22.2. The maximum absolute atomic E-state index is 12.9. The van der Waals surface area contributed by atoms with Crippen molar-refractivity contribution in [1.29, 1.82) is 0 Å². The van der Waals surface area contributed by atoms with E-state index >= 15 is 0 Å². The summed E-state index contributed by atoms with van der Waals surface area (Å²) < 4.78 is 34.5. The van der Waals surface area contributed by atoms with Crippen molar-refractivity contribution in [3.8, 4) is 0 Å². The minimum Gasteiger partial charge on any atom is -0.457 e. The van der Waals surface area contributed by atoms with Gasteiger partial charge in [-0.15, -0.1) is 0 Å². The molecule has 0 aromatic heterocycles. The SMILES string of the molecule is CC/C=C\C/C=C\C/C=C\C/C=C\C/C=C\CCCCCCCCCCOCC(COP(=O)(O)OC1C(O)C(O)C(O)C(O)C1O)OC(=O)CCCCCCCCCCCCCCCCCCCCCCCCC. The molecule has 432 valence electrons. The molecular formula is C61H111O12P. The molecule has 1 aliphatic rings. The van der Waals surface area contributed by atoms with Crippen molar-refractivity contribution in [2.24, 2.45) is 0 Å². The van der Waals surface area contributed by atoms with Crippen LogP contribution < -0.4 is 0 Å². The van der Waals surface area contributed by atoms with Crippen LogP contribution in [0.2, 0.25) is 0 Å². The van der Waals surface area contributed by atoms with Crippen LogP contribution in [0.5, 0.6) is 0 Å². The van der Waals surface area contributed by atoms with Gasteiger partial charge in [0.2, 0.25) is 0 Å². The highest BCUT2D eigenvalue weighted by molar-refractivity contribution is 7.47. The Morgan fingerprint density at radius 2 is 0.797 bits per heavy atom. The number of carbonyl (C=O) groups excluding carboxylic acids is 1. The van der Waals surface area contributed by atoms with Crippen LogP contribution in [-0.4, -0.2) is 98.9 Å². The molecule has 12 nitrogen and oxygen atoms in total. The number of hydrogen-bond acceptors (Lipinski definition) is 11. The van der Waals surface area contributed by atoms with Crippen molar-refractivity contribution in [1.82, 2.24) is 0 Å². The van der Waals surface area contributed by atoms with Crippen LogP contribution in [0.3, 0.4) is 0 Å². The minimum absolute atomic E-state index is 0.0820. The third-order valence-corrected chi connectivity index (χ3v) is 14.9. The number of hydrogen-bond donors (Lipinski definition) is 6. The quantitative estimate of drug-likeness (QED) is 0.0146. The van der Waals surface area contributed by atoms with Gasteiger partial charge in [0.05, 0.1) is 13.2 Å². The summed E-state index contributed by atoms with van der Waals surface area (Å²) in [6, 6.07) is 0. The van der Waals surface area contributed by atoms with Gasteiger partial charge in [-0.05, 0) is 57.8 Å². The molecule has 0 spiro atoms. The van der Waals surface area contributed by atoms with Crippen molar-refractivity contribution in [3.63, 3.8) is 0 Å². The highest BCUT2D eigenvalue weighted by Crippen LogP contribution is 2.47. The van der Waals surface area contributed by atoms with Crippen LogP contribution >= 0.6 is 7.82 Å². The Morgan fingerprint density at radius 3 is 1.22 bits per heavy atom. The van der Waals surface area contributed by atoms with Crippen molar-refractivity contribution in [3.05, 3.63) is 60.8 Å². The molecule has 1 aliphatic carbocycles. The predicted molar refractivity (Wildman–Crippen MR) is 304 cm³/mol. The Kier molecular flexibility index (Phi) is 47.8. The van der Waals surface area contributed by atoms with Gasteiger partial charge in [0.1, 0.15) is 42.7 Å². The summed E-state index contributed by atoms with van der Waals surface area (Å²) in [5.41, 5.74) is 0. The molecule has 1 saturated carbocycles. The molecular weight excluding hydrogens is 956 g/mol. The zero-order valence-corrected chi connectivity index (χ0v) is 47.8. The van der Waals surface area contributed by atoms with Gasteiger partial charge in [0, 0.05) is 13.0 Å². The maximum Gasteiger partial charge on any atom is 0.472 e. The van der Waals surface area contributed by atoms with E-state index in [0.717, 1.165) is 83.5 Å². The molecule has 0 aromatic rings. The monoisotopic (exact) mass is 1070 g/mol. The number of allylic oxidation sites excluding steroid dienone is 10. The normalized spacial score (nSPS) is 20.8. The van der Waals surface area contributed by atoms with Crippen LogP contribution in [-0.2, 0) is 27.9 Å². The number of aliphatic hydroxyl groups excluding tert-OH is 5. The largest absolute Gasteiger partial charge is 0.472 e. The van der Waals surface area contributed by atoms with Gasteiger partial charge in [-0.3, -0.25) is 13.8 Å². The van der Waals surface area contributed by atoms with E-state index in [1.807, 2.05) is 0 Å². The highest BCUT2D eigenvalue weighted by atomic mass is 31.2. The fourth-order valence-electron chi connectivity index (χ4n) is 9.21. The van der Waals surface area contributed by atoms with Crippen LogP contribution in [0, 0.1) is 0 Å². The lowest BCUT2D eigenvalue weighted by Gasteiger charge is -2.41. The van der Waals surface area contributed by atoms with E-state index in [9.17, 15) is 39.8 Å². The second kappa shape index (κ2) is 50.5. The number of unbranched alkanes of at least 4 members (excludes halogenated alkanes) is 30. The van der Waals surface area contributed by atoms with E-state index < -0.39 is 63.1 Å². The molecule has 6 unspecified atom stereocenters. The predicted octanol–water partition coefficient (Wildman–Crippen LogP) is 14.9. The zero-order chi connectivity index (χ0) is 54.0. The van der Waals surface area contributed by atoms with Crippen molar-refractivity contribution >= 4 is 13.8 Å². The molecule has 0 heterocycles. The van der Waals surface area contributed by atoms with Gasteiger partial charge in [-0.25, -0.2) is 4.57 Å². The van der Waals surface area contributed by atoms with Crippen LogP contribution in [0.1, 0.15) is 258 Å². The lowest BCUT2D eigenvalue weighted by Crippen LogP contribution is -2.64. The Morgan fingerprint density at radius 1 is 0.446 bits per heavy atom. The number of ether oxygens (including phenoxy) is 2. The zero-order valence-electron chi connectivity index (χ0n) is 46.9. The minimum atomic E-state index is -5.03. The van der Waals surface area contributed by atoms with E-state index in [4.69, 9.17) is 18.5 Å². The molecule has 6 atom stereocenters. The summed E-state index contributed by atoms with van der Waals surface area (Å²) in [7, 11) is -5.03. The van der Waals surface area contributed by atoms with Crippen LogP contribution in [0.15, 0.2) is 60.8 Å². The highest BCUT2D eigenvalue weighted by Gasteiger charge is 2.51. The molecule has 6 N–H and O–H groups in total. The first-order valence-electron chi connectivity index (χ1n) is 30.1. The van der Waals surface area contributed by atoms with Gasteiger partial charge >= 0.3 is 13.8 Å². The van der Waals surface area contributed by atoms with Gasteiger partial charge in [0.25, 0.3) is 0 Å². The van der Waals surface area contributed by atoms with Crippen LogP contribution in [0.25, 0.3) is 0 Å². The van der Waals surface area contributed by atoms with Gasteiger partial charge in [-0.1, -0.05) is 254 Å². The molecule has 0 bridgehead atoms. The molecule has 0 amide bonds. The third-order valence-electron chi connectivity index (χ3n) is 13.9. The lowest BCUT2D eigenvalue weighted by atomic mass is 9.85. The third kappa shape index (κ3) is 41.2. The van der Waals surface area contributed by atoms with E-state index in [1.54, 1.807) is 0 Å². The molecule has 1 fully saturated rings. The lowest BCUT2D eigenvalue weighted by molar-refractivity contribution is -0.220. The fraction of sp³-hybridized carbons (Fsp3) is 0.820. The first-order valence-corrected chi connectivity index (χ1v) is 31.6. The van der Waals surface area contributed by atoms with Crippen molar-refractivity contribution < 1.29 is 58.3 Å². The molecule has 0 aliphatic heterocycles. The second-order valence-electron chi connectivity index (χ2n) is 20.8. The first kappa shape index (κ1) is 70.1. The number of phosphoric ester groups is 1. The van der Waals surface area contributed by atoms with Gasteiger partial charge in [-0.2, -0.15) is 0 Å². The fourth-order valence-corrected chi connectivity index (χ4v) is 10.2. The number of rotatable bonds is 52. The average molecular weight is 1070 g/mol. The molecule has 1 rings (SSSR count). The average Bonchev–Trinajstić information content (AvgIpc) is 3.39. The maximum atomic E-state index is 12.9. The van der Waals surface area contributed by atoms with Gasteiger partial charge < -0.3 is 39.9 Å². The van der Waals surface area contributed by atoms with E-state index in [-0.39, 0.29) is 13.0 Å². The van der Waals surface area contributed by atoms with E-state index in [1.165, 1.54) is 148 Å². The summed E-state index contributed by atoms with van der Waals surface area (Å²) in [6.45, 7) is 4.18. The summed E-state index contributed by atoms with van der Waals surface area (Å²) in [5.74, 6) is -0.476. The van der Waals surface area contributed by atoms with Crippen molar-refractivity contribution in [2.75, 3.05) is 19.8 Å². The number of esters is 1. The molecule has 0 saturated heterocycles. The first-order chi connectivity index (χ1) is 36.0. The summed E-state index contributed by atoms with van der Waals surface area (Å²) in [5, 5.41) is 50.5. The standard InChI is InChI=1S/C61H111O12P/c1-3-5-7-9-11-13-15-17-19-21-23-25-27-29-31-33-35-37-39-41-43-45-47-49-51-70-52-54(53-71-74(68,69)73-61-59(66)57(64)56(63)58(65)60(61)67)72-55(62)50-48-46-44-42-40-38-36-34-32-30-28-26-24-22-20-18-16-14-12-10-8-6-4-2/h5,7,11,13,17,19,23,25,29,31,54,56-61,63-67H,3-4,6,8-10,12,14-16,18,20-22,24,26-28,30,32-53H2,1-2H3,(H,68,69)/b7-5-,13-11-,19-17-,25-23-,31-29-. The number of carbonyl (C=O) groups is 1. The molecule has 0 radical (unpaired) electrons. The van der Waals surface area contributed by atoms with E-state index in [0.29, 0.717) is 13.0 Å². The Labute approximate surface area is 451 Å². The Balaban J connectivity index is 2.27. The molecule has 13 heteroatoms. The summed E-state index contributed by atoms with van der Waals surface area (Å²) in [6.07, 6.45) is 54.3. The number of phosphoric acid groups is 1. The molecule has 74 heavy (non-hydrogen) atoms. The summed E-state index contributed by atoms with van der Waals surface area (Å²) in [4.78, 5) is 23.4. The van der Waals surface area contributed by atoms with Crippen LogP contribution in [0.4, 0.5) is 0 Å². The summed E-state index contributed by atoms with van der Waals surface area (Å²) >= 11 is 0. The van der Waals surface area contributed by atoms with Gasteiger partial charge in [0.15, 0.2) is 0 Å².